The van der Waals surface area contributed by atoms with Crippen LogP contribution in [-0.2, 0) is 23.8 Å². The van der Waals surface area contributed by atoms with E-state index >= 15 is 0 Å². The van der Waals surface area contributed by atoms with E-state index in [1.54, 1.807) is 18.2 Å². The standard InChI is InChI=1S/C10H12O5S/c1-8(10(11)14-2)15-16(12,13)9-6-4-3-5-7-9/h3-8H,1-2H3/t8-/m0/s1. The van der Waals surface area contributed by atoms with E-state index in [0.717, 1.165) is 7.11 Å². The first kappa shape index (κ1) is 12.7. The summed E-state index contributed by atoms with van der Waals surface area (Å²) in [5, 5.41) is 0. The van der Waals surface area contributed by atoms with E-state index in [1.165, 1.54) is 19.1 Å². The predicted octanol–water partition coefficient (Wildman–Crippen LogP) is 0.953. The highest BCUT2D eigenvalue weighted by atomic mass is 32.2. The molecule has 1 atom stereocenters. The van der Waals surface area contributed by atoms with Gasteiger partial charge in [-0.15, -0.1) is 0 Å². The van der Waals surface area contributed by atoms with E-state index < -0.39 is 22.2 Å². The Kier molecular flexibility index (Phi) is 4.03. The van der Waals surface area contributed by atoms with Crippen molar-refractivity contribution in [2.45, 2.75) is 17.9 Å². The van der Waals surface area contributed by atoms with Gasteiger partial charge in [-0.25, -0.2) is 4.79 Å². The van der Waals surface area contributed by atoms with Gasteiger partial charge in [0, 0.05) is 0 Å². The first-order valence-electron chi connectivity index (χ1n) is 4.53. The highest BCUT2D eigenvalue weighted by Crippen LogP contribution is 2.13. The van der Waals surface area contributed by atoms with Crippen molar-refractivity contribution in [1.29, 1.82) is 0 Å². The highest BCUT2D eigenvalue weighted by molar-refractivity contribution is 7.86. The van der Waals surface area contributed by atoms with Gasteiger partial charge in [-0.3, -0.25) is 4.18 Å². The lowest BCUT2D eigenvalue weighted by Crippen LogP contribution is -2.25. The van der Waals surface area contributed by atoms with Crippen molar-refractivity contribution in [2.75, 3.05) is 7.11 Å². The maximum atomic E-state index is 11.6. The van der Waals surface area contributed by atoms with E-state index in [1.807, 2.05) is 0 Å². The molecule has 1 aromatic carbocycles. The van der Waals surface area contributed by atoms with Crippen LogP contribution < -0.4 is 0 Å². The third kappa shape index (κ3) is 3.04. The number of carbonyl (C=O) groups is 1. The quantitative estimate of drug-likeness (QED) is 0.582. The van der Waals surface area contributed by atoms with Crippen LogP contribution >= 0.6 is 0 Å². The molecule has 88 valence electrons. The van der Waals surface area contributed by atoms with Crippen LogP contribution in [0.25, 0.3) is 0 Å². The monoisotopic (exact) mass is 244 g/mol. The second-order valence-electron chi connectivity index (χ2n) is 3.03. The molecule has 0 N–H and O–H groups in total. The molecule has 0 saturated carbocycles. The molecule has 0 aliphatic carbocycles. The topological polar surface area (TPSA) is 69.7 Å². The molecule has 0 fully saturated rings. The van der Waals surface area contributed by atoms with Gasteiger partial charge in [-0.05, 0) is 19.1 Å². The predicted molar refractivity (Wildman–Crippen MR) is 56.2 cm³/mol. The molecule has 0 aliphatic heterocycles. The van der Waals surface area contributed by atoms with Gasteiger partial charge in [0.2, 0.25) is 0 Å². The summed E-state index contributed by atoms with van der Waals surface area (Å²) >= 11 is 0. The van der Waals surface area contributed by atoms with Gasteiger partial charge in [-0.2, -0.15) is 8.42 Å². The number of ether oxygens (including phenoxy) is 1. The maximum Gasteiger partial charge on any atom is 0.336 e. The van der Waals surface area contributed by atoms with Crippen LogP contribution in [-0.4, -0.2) is 27.6 Å². The summed E-state index contributed by atoms with van der Waals surface area (Å²) in [6.07, 6.45) is -1.16. The molecular weight excluding hydrogens is 232 g/mol. The number of carbonyl (C=O) groups excluding carboxylic acids is 1. The van der Waals surface area contributed by atoms with Gasteiger partial charge in [0.05, 0.1) is 12.0 Å². The van der Waals surface area contributed by atoms with E-state index in [9.17, 15) is 13.2 Å². The Balaban J connectivity index is 2.85. The van der Waals surface area contributed by atoms with E-state index in [2.05, 4.69) is 8.92 Å². The van der Waals surface area contributed by atoms with Crippen LogP contribution in [0.2, 0.25) is 0 Å². The van der Waals surface area contributed by atoms with Crippen LogP contribution in [0.1, 0.15) is 6.92 Å². The van der Waals surface area contributed by atoms with Gasteiger partial charge >= 0.3 is 5.97 Å². The number of rotatable bonds is 4. The molecular formula is C10H12O5S. The molecule has 0 aliphatic rings. The normalized spacial score (nSPS) is 13.1. The molecule has 0 saturated heterocycles. The molecule has 0 heterocycles. The zero-order valence-electron chi connectivity index (χ0n) is 8.91. The lowest BCUT2D eigenvalue weighted by Gasteiger charge is -2.10. The molecule has 0 bridgehead atoms. The SMILES string of the molecule is COC(=O)[C@H](C)OS(=O)(=O)c1ccccc1. The van der Waals surface area contributed by atoms with Gasteiger partial charge in [0.25, 0.3) is 10.1 Å². The summed E-state index contributed by atoms with van der Waals surface area (Å²) in [5.74, 6) is -0.737. The Bertz CT molecular complexity index is 451. The zero-order chi connectivity index (χ0) is 12.2. The van der Waals surface area contributed by atoms with Crippen molar-refractivity contribution in [3.63, 3.8) is 0 Å². The fraction of sp³-hybridized carbons (Fsp3) is 0.300. The van der Waals surface area contributed by atoms with Crippen LogP contribution in [0, 0.1) is 0 Å². The Hall–Kier alpha value is -1.40. The fourth-order valence-electron chi connectivity index (χ4n) is 1.04. The van der Waals surface area contributed by atoms with Gasteiger partial charge in [0.15, 0.2) is 6.10 Å². The number of methoxy groups -OCH3 is 1. The number of benzene rings is 1. The minimum absolute atomic E-state index is 0.00533. The Morgan fingerprint density at radius 1 is 1.25 bits per heavy atom. The second-order valence-corrected chi connectivity index (χ2v) is 4.60. The fourth-order valence-corrected chi connectivity index (χ4v) is 2.10. The lowest BCUT2D eigenvalue weighted by atomic mass is 10.4. The molecule has 6 heteroatoms. The average Bonchev–Trinajstić information content (AvgIpc) is 2.28. The number of esters is 1. The highest BCUT2D eigenvalue weighted by Gasteiger charge is 2.23. The zero-order valence-corrected chi connectivity index (χ0v) is 9.73. The third-order valence-corrected chi connectivity index (χ3v) is 3.23. The summed E-state index contributed by atoms with van der Waals surface area (Å²) in [6.45, 7) is 1.31. The smallest absolute Gasteiger partial charge is 0.336 e. The molecule has 16 heavy (non-hydrogen) atoms. The largest absolute Gasteiger partial charge is 0.467 e. The van der Waals surface area contributed by atoms with Crippen LogP contribution in [0.3, 0.4) is 0 Å². The van der Waals surface area contributed by atoms with Crippen molar-refractivity contribution in [2.24, 2.45) is 0 Å². The molecule has 1 rings (SSSR count). The first-order chi connectivity index (χ1) is 7.47. The molecule has 0 spiro atoms. The van der Waals surface area contributed by atoms with Crippen molar-refractivity contribution in [1.82, 2.24) is 0 Å². The molecule has 0 amide bonds. The number of hydrogen-bond acceptors (Lipinski definition) is 5. The molecule has 5 nitrogen and oxygen atoms in total. The summed E-state index contributed by atoms with van der Waals surface area (Å²) in [6, 6.07) is 7.60. The Morgan fingerprint density at radius 3 is 2.31 bits per heavy atom. The van der Waals surface area contributed by atoms with E-state index in [0.29, 0.717) is 0 Å². The van der Waals surface area contributed by atoms with Gasteiger partial charge < -0.3 is 4.74 Å². The summed E-state index contributed by atoms with van der Waals surface area (Å²) in [7, 11) is -2.75. The maximum absolute atomic E-state index is 11.6. The number of hydrogen-bond donors (Lipinski definition) is 0. The van der Waals surface area contributed by atoms with Gasteiger partial charge in [-0.1, -0.05) is 18.2 Å². The molecule has 0 aromatic heterocycles. The van der Waals surface area contributed by atoms with Crippen molar-refractivity contribution < 1.29 is 22.1 Å². The minimum Gasteiger partial charge on any atom is -0.467 e. The average molecular weight is 244 g/mol. The van der Waals surface area contributed by atoms with E-state index in [4.69, 9.17) is 0 Å². The Labute approximate surface area is 94.1 Å². The van der Waals surface area contributed by atoms with Gasteiger partial charge in [0.1, 0.15) is 0 Å². The van der Waals surface area contributed by atoms with E-state index in [-0.39, 0.29) is 4.90 Å². The molecule has 0 radical (unpaired) electrons. The lowest BCUT2D eigenvalue weighted by molar-refractivity contribution is -0.147. The van der Waals surface area contributed by atoms with Crippen molar-refractivity contribution in [3.05, 3.63) is 30.3 Å². The minimum atomic E-state index is -3.92. The van der Waals surface area contributed by atoms with Crippen LogP contribution in [0.4, 0.5) is 0 Å². The first-order valence-corrected chi connectivity index (χ1v) is 5.94. The van der Waals surface area contributed by atoms with Crippen LogP contribution in [0.15, 0.2) is 35.2 Å². The van der Waals surface area contributed by atoms with Crippen molar-refractivity contribution in [3.8, 4) is 0 Å². The summed E-state index contributed by atoms with van der Waals surface area (Å²) in [5.41, 5.74) is 0. The molecule has 0 unspecified atom stereocenters. The van der Waals surface area contributed by atoms with Crippen molar-refractivity contribution >= 4 is 16.1 Å². The Morgan fingerprint density at radius 2 is 1.81 bits per heavy atom. The summed E-state index contributed by atoms with van der Waals surface area (Å²) < 4.78 is 32.3. The summed E-state index contributed by atoms with van der Waals surface area (Å²) in [4.78, 5) is 11.0. The second kappa shape index (κ2) is 5.09. The van der Waals surface area contributed by atoms with Crippen LogP contribution in [0.5, 0.6) is 0 Å². The third-order valence-electron chi connectivity index (χ3n) is 1.84. The molecule has 1 aromatic rings.